The molecule has 0 amide bonds. The number of fused-ring (bicyclic) bond motifs is 1. The predicted octanol–water partition coefficient (Wildman–Crippen LogP) is 7.67. The number of benzene rings is 2. The van der Waals surface area contributed by atoms with E-state index >= 15 is 0 Å². The third kappa shape index (κ3) is 6.19. The first-order valence-electron chi connectivity index (χ1n) is 13.2. The van der Waals surface area contributed by atoms with Gasteiger partial charge >= 0.3 is 0 Å². The molecule has 3 heterocycles. The molecule has 0 bridgehead atoms. The van der Waals surface area contributed by atoms with Gasteiger partial charge in [0.2, 0.25) is 5.88 Å². The minimum atomic E-state index is -0.623. The molecule has 6 nitrogen and oxygen atoms in total. The quantitative estimate of drug-likeness (QED) is 0.237. The fraction of sp³-hybridized carbons (Fsp3) is 0.375. The van der Waals surface area contributed by atoms with E-state index in [2.05, 4.69) is 38.7 Å². The summed E-state index contributed by atoms with van der Waals surface area (Å²) in [4.78, 5) is 9.54. The third-order valence-electron chi connectivity index (χ3n) is 6.76. The SMILES string of the molecule is Cc1cc(C(C)(C)C)c(Cl)cc1-c1cc(OCc2ccccc2)c2c(OC[C@@H]3COC(C)(C)O3)nccc2n1. The molecule has 0 N–H and O–H groups in total. The molecule has 2 aromatic carbocycles. The van der Waals surface area contributed by atoms with Crippen LogP contribution in [0.2, 0.25) is 5.02 Å². The fourth-order valence-electron chi connectivity index (χ4n) is 4.76. The summed E-state index contributed by atoms with van der Waals surface area (Å²) >= 11 is 6.77. The Kier molecular flexibility index (Phi) is 7.55. The Hall–Kier alpha value is -3.19. The van der Waals surface area contributed by atoms with Gasteiger partial charge in [-0.15, -0.1) is 0 Å². The minimum absolute atomic E-state index is 0.0671. The Morgan fingerprint density at radius 2 is 1.82 bits per heavy atom. The van der Waals surface area contributed by atoms with Crippen LogP contribution in [0, 0.1) is 6.92 Å². The van der Waals surface area contributed by atoms with Crippen molar-refractivity contribution in [2.45, 2.75) is 65.5 Å². The van der Waals surface area contributed by atoms with E-state index in [1.807, 2.05) is 62.4 Å². The summed E-state index contributed by atoms with van der Waals surface area (Å²) in [6, 6.07) is 18.0. The molecule has 0 saturated carbocycles. The van der Waals surface area contributed by atoms with Crippen LogP contribution in [-0.4, -0.2) is 35.1 Å². The number of aromatic nitrogens is 2. The van der Waals surface area contributed by atoms with Crippen LogP contribution < -0.4 is 9.47 Å². The molecule has 0 radical (unpaired) electrons. The molecule has 204 valence electrons. The Bertz CT molecular complexity index is 1480. The van der Waals surface area contributed by atoms with Crippen molar-refractivity contribution in [2.24, 2.45) is 0 Å². The van der Waals surface area contributed by atoms with Crippen molar-refractivity contribution in [2.75, 3.05) is 13.2 Å². The molecule has 0 unspecified atom stereocenters. The van der Waals surface area contributed by atoms with Gasteiger partial charge in [-0.1, -0.05) is 68.8 Å². The van der Waals surface area contributed by atoms with Gasteiger partial charge in [0.05, 0.1) is 17.8 Å². The summed E-state index contributed by atoms with van der Waals surface area (Å²) < 4.78 is 24.2. The second-order valence-electron chi connectivity index (χ2n) is 11.4. The zero-order valence-electron chi connectivity index (χ0n) is 23.4. The number of halogens is 1. The molecule has 4 aromatic rings. The maximum atomic E-state index is 6.77. The Labute approximate surface area is 235 Å². The van der Waals surface area contributed by atoms with Crippen LogP contribution in [0.25, 0.3) is 22.2 Å². The molecular formula is C32H35ClN2O4. The van der Waals surface area contributed by atoms with Crippen molar-refractivity contribution in [3.05, 3.63) is 82.5 Å². The lowest BCUT2D eigenvalue weighted by Crippen LogP contribution is -2.25. The molecule has 1 aliphatic heterocycles. The maximum Gasteiger partial charge on any atom is 0.226 e. The normalized spacial score (nSPS) is 16.9. The van der Waals surface area contributed by atoms with Crippen molar-refractivity contribution in [3.63, 3.8) is 0 Å². The van der Waals surface area contributed by atoms with Gasteiger partial charge in [0.25, 0.3) is 0 Å². The van der Waals surface area contributed by atoms with Gasteiger partial charge in [0, 0.05) is 22.8 Å². The van der Waals surface area contributed by atoms with E-state index < -0.39 is 5.79 Å². The number of hydrogen-bond acceptors (Lipinski definition) is 6. The maximum absolute atomic E-state index is 6.77. The first-order chi connectivity index (χ1) is 18.5. The molecule has 2 aromatic heterocycles. The molecule has 1 atom stereocenters. The zero-order chi connectivity index (χ0) is 27.8. The number of nitrogens with zero attached hydrogens (tertiary/aromatic N) is 2. The largest absolute Gasteiger partial charge is 0.488 e. The van der Waals surface area contributed by atoms with Crippen LogP contribution in [0.1, 0.15) is 51.3 Å². The van der Waals surface area contributed by atoms with Gasteiger partial charge in [-0.05, 0) is 55.0 Å². The molecule has 1 aliphatic rings. The highest BCUT2D eigenvalue weighted by Crippen LogP contribution is 2.39. The highest BCUT2D eigenvalue weighted by Gasteiger charge is 2.33. The minimum Gasteiger partial charge on any atom is -0.488 e. The van der Waals surface area contributed by atoms with Crippen LogP contribution in [0.3, 0.4) is 0 Å². The molecule has 1 fully saturated rings. The van der Waals surface area contributed by atoms with Crippen molar-refractivity contribution >= 4 is 22.5 Å². The smallest absolute Gasteiger partial charge is 0.226 e. The van der Waals surface area contributed by atoms with Crippen molar-refractivity contribution < 1.29 is 18.9 Å². The van der Waals surface area contributed by atoms with E-state index in [-0.39, 0.29) is 11.5 Å². The van der Waals surface area contributed by atoms with Crippen LogP contribution in [-0.2, 0) is 21.5 Å². The molecule has 1 saturated heterocycles. The zero-order valence-corrected chi connectivity index (χ0v) is 24.1. The van der Waals surface area contributed by atoms with E-state index in [0.29, 0.717) is 36.8 Å². The lowest BCUT2D eigenvalue weighted by Gasteiger charge is -2.23. The van der Waals surface area contributed by atoms with E-state index in [4.69, 9.17) is 35.5 Å². The fourth-order valence-corrected chi connectivity index (χ4v) is 5.21. The second kappa shape index (κ2) is 10.8. The topological polar surface area (TPSA) is 62.7 Å². The number of rotatable bonds is 7. The standard InChI is InChI=1S/C32H35ClN2O4/c1-20-14-24(31(2,3)4)25(33)15-23(20)27-16-28(36-17-21-10-8-7-9-11-21)29-26(35-27)12-13-34-30(29)37-18-22-19-38-32(5,6)39-22/h7-16,22H,17-19H2,1-6H3/t22-/m1/s1. The number of aryl methyl sites for hydroxylation is 1. The van der Waals surface area contributed by atoms with Crippen LogP contribution in [0.4, 0.5) is 0 Å². The predicted molar refractivity (Wildman–Crippen MR) is 155 cm³/mol. The van der Waals surface area contributed by atoms with Gasteiger partial charge in [0.1, 0.15) is 30.5 Å². The Balaban J connectivity index is 1.56. The summed E-state index contributed by atoms with van der Waals surface area (Å²) in [5.74, 6) is 0.463. The van der Waals surface area contributed by atoms with Crippen LogP contribution in [0.5, 0.6) is 11.6 Å². The number of hydrogen-bond donors (Lipinski definition) is 0. The Morgan fingerprint density at radius 3 is 2.51 bits per heavy atom. The second-order valence-corrected chi connectivity index (χ2v) is 11.9. The third-order valence-corrected chi connectivity index (χ3v) is 7.07. The molecule has 39 heavy (non-hydrogen) atoms. The summed E-state index contributed by atoms with van der Waals surface area (Å²) in [5, 5.41) is 1.43. The average molecular weight is 547 g/mol. The van der Waals surface area contributed by atoms with Gasteiger partial charge in [-0.3, -0.25) is 0 Å². The van der Waals surface area contributed by atoms with Gasteiger partial charge in [0.15, 0.2) is 5.79 Å². The van der Waals surface area contributed by atoms with Crippen molar-refractivity contribution in [3.8, 4) is 22.9 Å². The number of ether oxygens (including phenoxy) is 4. The highest BCUT2D eigenvalue weighted by atomic mass is 35.5. The van der Waals surface area contributed by atoms with Crippen molar-refractivity contribution in [1.82, 2.24) is 9.97 Å². The summed E-state index contributed by atoms with van der Waals surface area (Å²) in [6.45, 7) is 13.5. The molecule has 7 heteroatoms. The first-order valence-corrected chi connectivity index (χ1v) is 13.6. The molecular weight excluding hydrogens is 512 g/mol. The first kappa shape index (κ1) is 27.4. The van der Waals surface area contributed by atoms with Crippen LogP contribution in [0.15, 0.2) is 60.8 Å². The molecule has 0 spiro atoms. The van der Waals surface area contributed by atoms with Gasteiger partial charge < -0.3 is 18.9 Å². The van der Waals surface area contributed by atoms with Crippen LogP contribution >= 0.6 is 11.6 Å². The van der Waals surface area contributed by atoms with E-state index in [0.717, 1.165) is 38.5 Å². The average Bonchev–Trinajstić information content (AvgIpc) is 3.25. The number of pyridine rings is 2. The lowest BCUT2D eigenvalue weighted by atomic mass is 9.85. The van der Waals surface area contributed by atoms with Gasteiger partial charge in [-0.25, -0.2) is 9.97 Å². The Morgan fingerprint density at radius 1 is 1.05 bits per heavy atom. The monoisotopic (exact) mass is 546 g/mol. The van der Waals surface area contributed by atoms with Crippen molar-refractivity contribution in [1.29, 1.82) is 0 Å². The van der Waals surface area contributed by atoms with E-state index in [1.54, 1.807) is 6.20 Å². The highest BCUT2D eigenvalue weighted by molar-refractivity contribution is 6.31. The molecule has 0 aliphatic carbocycles. The summed E-state index contributed by atoms with van der Waals surface area (Å²) in [6.07, 6.45) is 1.51. The lowest BCUT2D eigenvalue weighted by molar-refractivity contribution is -0.141. The van der Waals surface area contributed by atoms with E-state index in [9.17, 15) is 0 Å². The molecule has 5 rings (SSSR count). The van der Waals surface area contributed by atoms with Gasteiger partial charge in [-0.2, -0.15) is 0 Å². The van der Waals surface area contributed by atoms with E-state index in [1.165, 1.54) is 0 Å². The summed E-state index contributed by atoms with van der Waals surface area (Å²) in [7, 11) is 0. The summed E-state index contributed by atoms with van der Waals surface area (Å²) in [5.41, 5.74) is 5.64.